The van der Waals surface area contributed by atoms with E-state index in [1.165, 1.54) is 12.1 Å². The van der Waals surface area contributed by atoms with E-state index in [1.54, 1.807) is 6.92 Å². The fourth-order valence-electron chi connectivity index (χ4n) is 2.66. The monoisotopic (exact) mass is 364 g/mol. The average Bonchev–Trinajstić information content (AvgIpc) is 2.56. The van der Waals surface area contributed by atoms with Crippen molar-refractivity contribution >= 4 is 17.4 Å². The summed E-state index contributed by atoms with van der Waals surface area (Å²) in [7, 11) is 0. The number of ether oxygens (including phenoxy) is 1. The fourth-order valence-corrected chi connectivity index (χ4v) is 2.66. The summed E-state index contributed by atoms with van der Waals surface area (Å²) in [6, 6.07) is 4.36. The van der Waals surface area contributed by atoms with E-state index >= 15 is 0 Å². The first kappa shape index (κ1) is 17.9. The molecule has 1 aromatic heterocycles. The highest BCUT2D eigenvalue weighted by Gasteiger charge is 2.33. The number of pyridine rings is 1. The molecule has 1 atom stereocenters. The van der Waals surface area contributed by atoms with Crippen LogP contribution in [0.5, 0.6) is 0 Å². The lowest BCUT2D eigenvalue weighted by molar-refractivity contribution is 0.101. The van der Waals surface area contributed by atoms with Crippen LogP contribution in [0.1, 0.15) is 23.0 Å². The van der Waals surface area contributed by atoms with Crippen LogP contribution in [0.3, 0.4) is 0 Å². The van der Waals surface area contributed by atoms with Crippen LogP contribution in [0.25, 0.3) is 0 Å². The molecular weight excluding hydrogens is 349 g/mol. The number of amides is 1. The van der Waals surface area contributed by atoms with Crippen molar-refractivity contribution in [3.8, 4) is 0 Å². The summed E-state index contributed by atoms with van der Waals surface area (Å²) >= 11 is 0. The number of halogens is 3. The lowest BCUT2D eigenvalue weighted by Crippen LogP contribution is -2.38. The minimum atomic E-state index is -1.10. The van der Waals surface area contributed by atoms with E-state index in [1.807, 2.05) is 0 Å². The average molecular weight is 364 g/mol. The predicted octanol–water partition coefficient (Wildman–Crippen LogP) is 2.35. The molecule has 3 rings (SSSR count). The number of rotatable bonds is 3. The molecule has 0 saturated heterocycles. The van der Waals surface area contributed by atoms with Gasteiger partial charge in [0.25, 0.3) is 5.91 Å². The number of carbonyl (C=O) groups is 1. The number of nitrogens with one attached hydrogen (secondary N) is 1. The van der Waals surface area contributed by atoms with Crippen molar-refractivity contribution in [3.05, 3.63) is 59.2 Å². The highest BCUT2D eigenvalue weighted by molar-refractivity contribution is 6.03. The number of carbonyl (C=O) groups excluding carboxylic acids is 1. The zero-order valence-corrected chi connectivity index (χ0v) is 13.7. The Labute approximate surface area is 146 Å². The standard InChI is InChI=1S/C17H15F3N4O2/c1-17(8-26-7-14(21)24-17)11-5-10(2-3-12(11)19)23-16(25)15-13(20)4-9(18)6-22-15/h2-6H,7-8H2,1H3,(H2,21,24)(H,23,25). The SMILES string of the molecule is CC1(c2cc(NC(=O)c3ncc(F)cc3F)ccc2F)COCC(N)=N1. The molecule has 0 spiro atoms. The summed E-state index contributed by atoms with van der Waals surface area (Å²) in [6.07, 6.45) is 0.728. The van der Waals surface area contributed by atoms with Crippen molar-refractivity contribution in [2.24, 2.45) is 10.7 Å². The van der Waals surface area contributed by atoms with Gasteiger partial charge in [0.05, 0.1) is 12.8 Å². The molecule has 0 fully saturated rings. The molecule has 0 radical (unpaired) electrons. The molecule has 0 saturated carbocycles. The van der Waals surface area contributed by atoms with Gasteiger partial charge in [-0.1, -0.05) is 0 Å². The van der Waals surface area contributed by atoms with Crippen LogP contribution in [0.15, 0.2) is 35.5 Å². The number of amidine groups is 1. The van der Waals surface area contributed by atoms with E-state index in [2.05, 4.69) is 15.3 Å². The summed E-state index contributed by atoms with van der Waals surface area (Å²) < 4.78 is 46.2. The molecule has 1 amide bonds. The Balaban J connectivity index is 1.90. The van der Waals surface area contributed by atoms with E-state index in [9.17, 15) is 18.0 Å². The number of hydrogen-bond acceptors (Lipinski definition) is 5. The van der Waals surface area contributed by atoms with Crippen molar-refractivity contribution in [3.63, 3.8) is 0 Å². The van der Waals surface area contributed by atoms with Gasteiger partial charge in [-0.25, -0.2) is 18.2 Å². The van der Waals surface area contributed by atoms with Crippen LogP contribution >= 0.6 is 0 Å². The highest BCUT2D eigenvalue weighted by atomic mass is 19.1. The van der Waals surface area contributed by atoms with Gasteiger partial charge in [0.2, 0.25) is 0 Å². The van der Waals surface area contributed by atoms with Gasteiger partial charge in [-0.15, -0.1) is 0 Å². The van der Waals surface area contributed by atoms with Gasteiger partial charge in [-0.3, -0.25) is 9.79 Å². The Morgan fingerprint density at radius 3 is 2.73 bits per heavy atom. The molecule has 1 aliphatic rings. The lowest BCUT2D eigenvalue weighted by Gasteiger charge is -2.30. The smallest absolute Gasteiger partial charge is 0.277 e. The third-order valence-corrected chi connectivity index (χ3v) is 3.85. The van der Waals surface area contributed by atoms with Gasteiger partial charge in [-0.2, -0.15) is 0 Å². The third-order valence-electron chi connectivity index (χ3n) is 3.85. The third kappa shape index (κ3) is 3.52. The molecule has 1 aliphatic heterocycles. The van der Waals surface area contributed by atoms with Gasteiger partial charge in [0.15, 0.2) is 11.5 Å². The summed E-state index contributed by atoms with van der Waals surface area (Å²) in [5.74, 6) is -3.23. The number of benzene rings is 1. The number of aromatic nitrogens is 1. The zero-order chi connectivity index (χ0) is 18.9. The number of nitrogens with two attached hydrogens (primary N) is 1. The summed E-state index contributed by atoms with van der Waals surface area (Å²) in [6.45, 7) is 1.91. The van der Waals surface area contributed by atoms with Gasteiger partial charge in [0.1, 0.15) is 29.6 Å². The molecule has 2 aromatic rings. The summed E-state index contributed by atoms with van der Waals surface area (Å²) in [4.78, 5) is 19.8. The Bertz CT molecular complexity index is 904. The van der Waals surface area contributed by atoms with E-state index in [4.69, 9.17) is 10.5 Å². The molecule has 1 unspecified atom stereocenters. The second-order valence-electron chi connectivity index (χ2n) is 6.00. The van der Waals surface area contributed by atoms with Gasteiger partial charge in [-0.05, 0) is 25.1 Å². The number of anilines is 1. The molecule has 3 N–H and O–H groups in total. The first-order chi connectivity index (χ1) is 12.3. The van der Waals surface area contributed by atoms with E-state index in [0.29, 0.717) is 6.07 Å². The van der Waals surface area contributed by atoms with Crippen molar-refractivity contribution in [1.82, 2.24) is 4.98 Å². The Morgan fingerprint density at radius 1 is 1.27 bits per heavy atom. The largest absolute Gasteiger partial charge is 0.386 e. The van der Waals surface area contributed by atoms with Crippen LogP contribution in [-0.4, -0.2) is 29.9 Å². The lowest BCUT2D eigenvalue weighted by atomic mass is 9.92. The minimum Gasteiger partial charge on any atom is -0.386 e. The quantitative estimate of drug-likeness (QED) is 0.875. The van der Waals surface area contributed by atoms with E-state index < -0.39 is 34.6 Å². The normalized spacial score (nSPS) is 19.8. The van der Waals surface area contributed by atoms with Gasteiger partial charge in [0, 0.05) is 17.3 Å². The maximum atomic E-state index is 14.3. The number of hydrogen-bond donors (Lipinski definition) is 2. The zero-order valence-electron chi connectivity index (χ0n) is 13.7. The summed E-state index contributed by atoms with van der Waals surface area (Å²) in [5.41, 5.74) is 4.38. The molecule has 6 nitrogen and oxygen atoms in total. The van der Waals surface area contributed by atoms with E-state index in [-0.39, 0.29) is 30.3 Å². The molecular formula is C17H15F3N4O2. The van der Waals surface area contributed by atoms with Crippen molar-refractivity contribution in [2.45, 2.75) is 12.5 Å². The fraction of sp³-hybridized carbons (Fsp3) is 0.235. The maximum Gasteiger partial charge on any atom is 0.277 e. The molecule has 2 heterocycles. The van der Waals surface area contributed by atoms with Crippen LogP contribution < -0.4 is 11.1 Å². The van der Waals surface area contributed by atoms with Gasteiger partial charge < -0.3 is 15.8 Å². The second kappa shape index (κ2) is 6.75. The van der Waals surface area contributed by atoms with Crippen LogP contribution in [0.4, 0.5) is 18.9 Å². The minimum absolute atomic E-state index is 0.107. The first-order valence-electron chi connectivity index (χ1n) is 7.63. The Kier molecular flexibility index (Phi) is 4.64. The first-order valence-corrected chi connectivity index (χ1v) is 7.63. The topological polar surface area (TPSA) is 89.6 Å². The van der Waals surface area contributed by atoms with Crippen molar-refractivity contribution in [2.75, 3.05) is 18.5 Å². The number of aliphatic imine (C=N–C) groups is 1. The molecule has 0 bridgehead atoms. The van der Waals surface area contributed by atoms with E-state index in [0.717, 1.165) is 12.3 Å². The van der Waals surface area contributed by atoms with Crippen LogP contribution in [0.2, 0.25) is 0 Å². The second-order valence-corrected chi connectivity index (χ2v) is 6.00. The predicted molar refractivity (Wildman–Crippen MR) is 88.3 cm³/mol. The number of nitrogens with zero attached hydrogens (tertiary/aromatic N) is 2. The summed E-state index contributed by atoms with van der Waals surface area (Å²) in [5, 5.41) is 2.40. The molecule has 136 valence electrons. The van der Waals surface area contributed by atoms with Gasteiger partial charge >= 0.3 is 0 Å². The van der Waals surface area contributed by atoms with Crippen molar-refractivity contribution in [1.29, 1.82) is 0 Å². The molecule has 26 heavy (non-hydrogen) atoms. The molecule has 1 aromatic carbocycles. The van der Waals surface area contributed by atoms with Crippen LogP contribution in [-0.2, 0) is 10.3 Å². The molecule has 9 heteroatoms. The molecule has 0 aliphatic carbocycles. The highest BCUT2D eigenvalue weighted by Crippen LogP contribution is 2.32. The van der Waals surface area contributed by atoms with Crippen LogP contribution in [0, 0.1) is 17.5 Å². The Hall–Kier alpha value is -2.94. The maximum absolute atomic E-state index is 14.3. The Morgan fingerprint density at radius 2 is 2.04 bits per heavy atom. The van der Waals surface area contributed by atoms with Crippen molar-refractivity contribution < 1.29 is 22.7 Å².